The van der Waals surface area contributed by atoms with Gasteiger partial charge in [-0.25, -0.2) is 0 Å². The molecular formula is C19H34IN3O2S. The fourth-order valence-corrected chi connectivity index (χ4v) is 3.04. The van der Waals surface area contributed by atoms with Gasteiger partial charge in [0.1, 0.15) is 0 Å². The zero-order valence-corrected chi connectivity index (χ0v) is 19.3. The molecule has 26 heavy (non-hydrogen) atoms. The number of aliphatic imine (C=N–C) groups is 1. The van der Waals surface area contributed by atoms with E-state index in [2.05, 4.69) is 48.7 Å². The Hall–Kier alpha value is -0.510. The van der Waals surface area contributed by atoms with Crippen LogP contribution in [-0.4, -0.2) is 57.8 Å². The number of unbranched alkanes of at least 4 members (excludes halogenated alkanes) is 1. The molecule has 0 saturated heterocycles. The van der Waals surface area contributed by atoms with Crippen LogP contribution in [0.3, 0.4) is 0 Å². The minimum Gasteiger partial charge on any atom is -0.382 e. The number of ether oxygens (including phenoxy) is 2. The van der Waals surface area contributed by atoms with Crippen LogP contribution in [-0.2, 0) is 9.47 Å². The summed E-state index contributed by atoms with van der Waals surface area (Å²) in [6.45, 7) is 8.97. The first-order chi connectivity index (χ1) is 12.3. The Kier molecular flexibility index (Phi) is 17.5. The van der Waals surface area contributed by atoms with Crippen LogP contribution >= 0.6 is 35.7 Å². The molecule has 0 bridgehead atoms. The van der Waals surface area contributed by atoms with Crippen LogP contribution < -0.4 is 10.6 Å². The lowest BCUT2D eigenvalue weighted by atomic mass is 10.3. The highest BCUT2D eigenvalue weighted by molar-refractivity contribution is 14.0. The van der Waals surface area contributed by atoms with Crippen molar-refractivity contribution < 1.29 is 9.47 Å². The fraction of sp³-hybridized carbons (Fsp3) is 0.632. The summed E-state index contributed by atoms with van der Waals surface area (Å²) in [7, 11) is 1.69. The fourth-order valence-electron chi connectivity index (χ4n) is 2.11. The Morgan fingerprint density at radius 2 is 1.88 bits per heavy atom. The number of nitrogens with one attached hydrogen (secondary N) is 2. The number of thioether (sulfide) groups is 1. The molecule has 0 aliphatic rings. The van der Waals surface area contributed by atoms with E-state index in [0.717, 1.165) is 45.0 Å². The first kappa shape index (κ1) is 25.5. The third-order valence-electron chi connectivity index (χ3n) is 3.37. The zero-order valence-electron chi connectivity index (χ0n) is 16.2. The van der Waals surface area contributed by atoms with Crippen molar-refractivity contribution in [3.63, 3.8) is 0 Å². The molecule has 0 saturated carbocycles. The van der Waals surface area contributed by atoms with Crippen molar-refractivity contribution in [2.45, 2.75) is 36.8 Å². The third kappa shape index (κ3) is 13.7. The van der Waals surface area contributed by atoms with Crippen LogP contribution in [0.2, 0.25) is 0 Å². The standard InChI is InChI=1S/C19H33N3O2S.HI/c1-4-20-19(21-12-8-9-13-24-15-14-23-3)22-16-17(2)25-18-10-6-5-7-11-18;/h5-7,10-11,17H,4,8-9,12-16H2,1-3H3,(H2,20,21,22);1H. The van der Waals surface area contributed by atoms with Crippen molar-refractivity contribution in [2.24, 2.45) is 4.99 Å². The van der Waals surface area contributed by atoms with Crippen molar-refractivity contribution in [1.82, 2.24) is 10.6 Å². The second kappa shape index (κ2) is 17.9. The molecule has 150 valence electrons. The van der Waals surface area contributed by atoms with Gasteiger partial charge in [0.15, 0.2) is 5.96 Å². The average Bonchev–Trinajstić information content (AvgIpc) is 2.62. The minimum atomic E-state index is 0. The van der Waals surface area contributed by atoms with Crippen LogP contribution in [0.1, 0.15) is 26.7 Å². The summed E-state index contributed by atoms with van der Waals surface area (Å²) in [5.74, 6) is 0.892. The Balaban J connectivity index is 0.00000625. The number of hydrogen-bond donors (Lipinski definition) is 2. The molecule has 1 aromatic rings. The Morgan fingerprint density at radius 1 is 1.12 bits per heavy atom. The van der Waals surface area contributed by atoms with E-state index in [4.69, 9.17) is 14.5 Å². The van der Waals surface area contributed by atoms with Crippen molar-refractivity contribution in [3.05, 3.63) is 30.3 Å². The molecule has 0 fully saturated rings. The van der Waals surface area contributed by atoms with Gasteiger partial charge in [0, 0.05) is 37.0 Å². The van der Waals surface area contributed by atoms with Crippen LogP contribution in [0.4, 0.5) is 0 Å². The monoisotopic (exact) mass is 495 g/mol. The maximum Gasteiger partial charge on any atom is 0.191 e. The summed E-state index contributed by atoms with van der Waals surface area (Å²) < 4.78 is 10.4. The summed E-state index contributed by atoms with van der Waals surface area (Å²) in [5, 5.41) is 7.13. The van der Waals surface area contributed by atoms with E-state index in [1.165, 1.54) is 4.90 Å². The molecule has 0 spiro atoms. The van der Waals surface area contributed by atoms with E-state index < -0.39 is 0 Å². The number of nitrogens with zero attached hydrogens (tertiary/aromatic N) is 1. The highest BCUT2D eigenvalue weighted by Gasteiger charge is 2.04. The van der Waals surface area contributed by atoms with E-state index in [1.54, 1.807) is 7.11 Å². The van der Waals surface area contributed by atoms with Crippen molar-refractivity contribution in [1.29, 1.82) is 0 Å². The van der Waals surface area contributed by atoms with Gasteiger partial charge < -0.3 is 20.1 Å². The predicted octanol–water partition coefficient (Wildman–Crippen LogP) is 3.78. The topological polar surface area (TPSA) is 54.9 Å². The number of methoxy groups -OCH3 is 1. The first-order valence-electron chi connectivity index (χ1n) is 9.06. The van der Waals surface area contributed by atoms with E-state index in [0.29, 0.717) is 18.5 Å². The predicted molar refractivity (Wildman–Crippen MR) is 123 cm³/mol. The molecule has 0 aliphatic heterocycles. The molecule has 1 rings (SSSR count). The maximum atomic E-state index is 5.46. The van der Waals surface area contributed by atoms with Gasteiger partial charge in [0.05, 0.1) is 19.8 Å². The van der Waals surface area contributed by atoms with Gasteiger partial charge in [0.2, 0.25) is 0 Å². The smallest absolute Gasteiger partial charge is 0.191 e. The van der Waals surface area contributed by atoms with Crippen molar-refractivity contribution in [2.75, 3.05) is 46.6 Å². The van der Waals surface area contributed by atoms with Gasteiger partial charge in [-0.2, -0.15) is 0 Å². The second-order valence-electron chi connectivity index (χ2n) is 5.70. The quantitative estimate of drug-likeness (QED) is 0.143. The molecule has 0 heterocycles. The molecule has 5 nitrogen and oxygen atoms in total. The van der Waals surface area contributed by atoms with E-state index >= 15 is 0 Å². The van der Waals surface area contributed by atoms with Crippen LogP contribution in [0.25, 0.3) is 0 Å². The van der Waals surface area contributed by atoms with Gasteiger partial charge in [-0.1, -0.05) is 25.1 Å². The summed E-state index contributed by atoms with van der Waals surface area (Å²) >= 11 is 1.86. The lowest BCUT2D eigenvalue weighted by Gasteiger charge is -2.13. The number of halogens is 1. The summed E-state index contributed by atoms with van der Waals surface area (Å²) in [5.41, 5.74) is 0. The van der Waals surface area contributed by atoms with Gasteiger partial charge in [-0.15, -0.1) is 35.7 Å². The van der Waals surface area contributed by atoms with Gasteiger partial charge in [-0.05, 0) is 31.9 Å². The number of guanidine groups is 1. The lowest BCUT2D eigenvalue weighted by Crippen LogP contribution is -2.38. The Bertz CT molecular complexity index is 463. The first-order valence-corrected chi connectivity index (χ1v) is 9.94. The zero-order chi connectivity index (χ0) is 18.2. The molecule has 0 amide bonds. The summed E-state index contributed by atoms with van der Waals surface area (Å²) in [6, 6.07) is 10.5. The molecular weight excluding hydrogens is 461 g/mol. The van der Waals surface area contributed by atoms with Gasteiger partial charge in [0.25, 0.3) is 0 Å². The lowest BCUT2D eigenvalue weighted by molar-refractivity contribution is 0.0689. The molecule has 1 unspecified atom stereocenters. The van der Waals surface area contributed by atoms with Gasteiger partial charge in [-0.3, -0.25) is 4.99 Å². The molecule has 0 aromatic heterocycles. The Morgan fingerprint density at radius 3 is 2.58 bits per heavy atom. The van der Waals surface area contributed by atoms with E-state index in [9.17, 15) is 0 Å². The van der Waals surface area contributed by atoms with E-state index in [-0.39, 0.29) is 24.0 Å². The third-order valence-corrected chi connectivity index (χ3v) is 4.47. The second-order valence-corrected chi connectivity index (χ2v) is 7.21. The number of rotatable bonds is 13. The molecule has 0 aliphatic carbocycles. The molecule has 0 radical (unpaired) electrons. The SMILES string of the molecule is CCNC(=NCC(C)Sc1ccccc1)NCCCCOCCOC.I. The number of hydrogen-bond acceptors (Lipinski definition) is 4. The van der Waals surface area contributed by atoms with Gasteiger partial charge >= 0.3 is 0 Å². The van der Waals surface area contributed by atoms with E-state index in [1.807, 2.05) is 17.8 Å². The number of benzene rings is 1. The molecule has 2 N–H and O–H groups in total. The minimum absolute atomic E-state index is 0. The van der Waals surface area contributed by atoms with Crippen LogP contribution in [0, 0.1) is 0 Å². The molecule has 1 aromatic carbocycles. The summed E-state index contributed by atoms with van der Waals surface area (Å²) in [4.78, 5) is 5.98. The molecule has 1 atom stereocenters. The van der Waals surface area contributed by atoms with Crippen LogP contribution in [0.5, 0.6) is 0 Å². The highest BCUT2D eigenvalue weighted by atomic mass is 127. The average molecular weight is 495 g/mol. The normalized spacial score (nSPS) is 12.3. The Labute approximate surface area is 180 Å². The van der Waals surface area contributed by atoms with Crippen molar-refractivity contribution >= 4 is 41.7 Å². The summed E-state index contributed by atoms with van der Waals surface area (Å²) in [6.07, 6.45) is 2.10. The van der Waals surface area contributed by atoms with Crippen LogP contribution in [0.15, 0.2) is 40.2 Å². The molecule has 7 heteroatoms. The largest absolute Gasteiger partial charge is 0.382 e. The van der Waals surface area contributed by atoms with Crippen molar-refractivity contribution in [3.8, 4) is 0 Å². The maximum absolute atomic E-state index is 5.46. The highest BCUT2D eigenvalue weighted by Crippen LogP contribution is 2.22.